The molecule has 0 aliphatic carbocycles. The molecule has 0 saturated carbocycles. The molecular formula is C33H33ClN4O4. The van der Waals surface area contributed by atoms with Crippen molar-refractivity contribution in [3.63, 3.8) is 0 Å². The minimum absolute atomic E-state index is 0. The number of amides is 3. The summed E-state index contributed by atoms with van der Waals surface area (Å²) in [7, 11) is 0. The van der Waals surface area contributed by atoms with Crippen LogP contribution >= 0.6 is 12.4 Å². The lowest BCUT2D eigenvalue weighted by molar-refractivity contribution is -0.127. The summed E-state index contributed by atoms with van der Waals surface area (Å²) in [5, 5.41) is 4.85. The zero-order valence-corrected chi connectivity index (χ0v) is 24.5. The molecule has 0 unspecified atom stereocenters. The Labute approximate surface area is 250 Å². The van der Waals surface area contributed by atoms with Crippen molar-refractivity contribution in [2.45, 2.75) is 39.4 Å². The first-order valence-electron chi connectivity index (χ1n) is 13.5. The predicted molar refractivity (Wildman–Crippen MR) is 167 cm³/mol. The van der Waals surface area contributed by atoms with Gasteiger partial charge in [-0.2, -0.15) is 0 Å². The van der Waals surface area contributed by atoms with E-state index in [-0.39, 0.29) is 43.1 Å². The van der Waals surface area contributed by atoms with Crippen molar-refractivity contribution >= 4 is 58.1 Å². The van der Waals surface area contributed by atoms with E-state index in [4.69, 9.17) is 5.73 Å². The molecule has 0 bridgehead atoms. The van der Waals surface area contributed by atoms with E-state index in [1.165, 1.54) is 11.8 Å². The number of aryl methyl sites for hydroxylation is 1. The molecule has 1 aliphatic rings. The third kappa shape index (κ3) is 5.91. The van der Waals surface area contributed by atoms with E-state index >= 15 is 0 Å². The Bertz CT molecular complexity index is 1670. The smallest absolute Gasteiger partial charge is 0.258 e. The highest BCUT2D eigenvalue weighted by Crippen LogP contribution is 2.36. The molecule has 0 radical (unpaired) electrons. The number of Topliss-reactive ketones (excluding diaryl/α,β-unsaturated/α-hetero) is 1. The van der Waals surface area contributed by atoms with Gasteiger partial charge in [0.25, 0.3) is 11.8 Å². The van der Waals surface area contributed by atoms with Crippen LogP contribution in [0.15, 0.2) is 84.9 Å². The van der Waals surface area contributed by atoms with E-state index in [2.05, 4.69) is 11.4 Å². The Morgan fingerprint density at radius 3 is 2.19 bits per heavy atom. The van der Waals surface area contributed by atoms with Crippen LogP contribution in [-0.2, 0) is 16.1 Å². The number of ketones is 1. The van der Waals surface area contributed by atoms with Crippen LogP contribution in [0.25, 0.3) is 10.8 Å². The maximum absolute atomic E-state index is 14.2. The highest BCUT2D eigenvalue weighted by Gasteiger charge is 2.37. The fourth-order valence-electron chi connectivity index (χ4n) is 5.17. The van der Waals surface area contributed by atoms with Crippen molar-refractivity contribution in [3.05, 3.63) is 107 Å². The maximum Gasteiger partial charge on any atom is 0.258 e. The van der Waals surface area contributed by atoms with Crippen LogP contribution in [0, 0.1) is 6.92 Å². The number of carbonyl (C=O) groups excluding carboxylic acids is 4. The van der Waals surface area contributed by atoms with Crippen molar-refractivity contribution in [1.29, 1.82) is 0 Å². The summed E-state index contributed by atoms with van der Waals surface area (Å²) in [6, 6.07) is 23.8. The van der Waals surface area contributed by atoms with Crippen LogP contribution in [0.5, 0.6) is 0 Å². The molecule has 1 heterocycles. The van der Waals surface area contributed by atoms with Crippen molar-refractivity contribution in [3.8, 4) is 0 Å². The Morgan fingerprint density at radius 2 is 1.52 bits per heavy atom. The van der Waals surface area contributed by atoms with E-state index in [1.54, 1.807) is 42.2 Å². The molecule has 5 rings (SSSR count). The van der Waals surface area contributed by atoms with Gasteiger partial charge in [-0.05, 0) is 66.9 Å². The monoisotopic (exact) mass is 584 g/mol. The second-order valence-corrected chi connectivity index (χ2v) is 10.4. The molecule has 42 heavy (non-hydrogen) atoms. The highest BCUT2D eigenvalue weighted by atomic mass is 35.5. The van der Waals surface area contributed by atoms with Crippen LogP contribution in [0.2, 0.25) is 0 Å². The highest BCUT2D eigenvalue weighted by molar-refractivity contribution is 6.13. The van der Waals surface area contributed by atoms with Gasteiger partial charge in [-0.3, -0.25) is 19.2 Å². The van der Waals surface area contributed by atoms with Crippen LogP contribution < -0.4 is 20.9 Å². The maximum atomic E-state index is 14.2. The summed E-state index contributed by atoms with van der Waals surface area (Å²) < 4.78 is 0. The molecule has 0 aromatic heterocycles. The van der Waals surface area contributed by atoms with E-state index < -0.39 is 18.0 Å². The molecule has 4 aromatic carbocycles. The first kappa shape index (κ1) is 30.4. The van der Waals surface area contributed by atoms with Crippen molar-refractivity contribution < 1.29 is 19.2 Å². The Kier molecular flexibility index (Phi) is 9.09. The molecule has 2 atom stereocenters. The molecule has 216 valence electrons. The second-order valence-electron chi connectivity index (χ2n) is 10.4. The summed E-state index contributed by atoms with van der Waals surface area (Å²) >= 11 is 0. The average molecular weight is 585 g/mol. The molecule has 8 nitrogen and oxygen atoms in total. The zero-order valence-electron chi connectivity index (χ0n) is 23.7. The van der Waals surface area contributed by atoms with Gasteiger partial charge in [0.15, 0.2) is 5.78 Å². The Morgan fingerprint density at radius 1 is 0.905 bits per heavy atom. The van der Waals surface area contributed by atoms with Crippen LogP contribution in [0.4, 0.5) is 11.4 Å². The first-order chi connectivity index (χ1) is 19.7. The number of halogens is 1. The molecule has 3 amide bonds. The van der Waals surface area contributed by atoms with Crippen LogP contribution in [-0.4, -0.2) is 42.1 Å². The quantitative estimate of drug-likeness (QED) is 0.316. The number of rotatable bonds is 6. The van der Waals surface area contributed by atoms with Gasteiger partial charge in [-0.25, -0.2) is 0 Å². The lowest BCUT2D eigenvalue weighted by atomic mass is 9.99. The summed E-state index contributed by atoms with van der Waals surface area (Å²) in [6.07, 6.45) is 0. The number of para-hydroxylation sites is 2. The standard InChI is InChI=1S/C33H32N4O4.ClH/c1-20-12-13-24-8-4-5-9-26(24)27(20)18-36-29-10-6-7-11-30(29)37(19-28(33(36)41)35-31(39)21(2)34)32(40)25-16-14-23(15-17-25)22(3)38;/h4-17,21,28H,18-19,34H2,1-3H3,(H,35,39);1H/t21-,28-;/m0./s1. The number of hydrogen-bond donors (Lipinski definition) is 2. The van der Waals surface area contributed by atoms with Gasteiger partial charge in [0, 0.05) is 11.1 Å². The van der Waals surface area contributed by atoms with E-state index in [0.29, 0.717) is 22.5 Å². The Balaban J connectivity index is 0.00000405. The van der Waals surface area contributed by atoms with Crippen molar-refractivity contribution in [2.75, 3.05) is 16.3 Å². The fraction of sp³-hybridized carbons (Fsp3) is 0.212. The first-order valence-corrected chi connectivity index (χ1v) is 13.5. The minimum atomic E-state index is -1.04. The van der Waals surface area contributed by atoms with Gasteiger partial charge < -0.3 is 20.9 Å². The molecule has 3 N–H and O–H groups in total. The molecular weight excluding hydrogens is 552 g/mol. The van der Waals surface area contributed by atoms with Crippen molar-refractivity contribution in [2.24, 2.45) is 5.73 Å². The number of nitrogens with two attached hydrogens (primary N) is 1. The lowest BCUT2D eigenvalue weighted by Gasteiger charge is -2.27. The van der Waals surface area contributed by atoms with Crippen molar-refractivity contribution in [1.82, 2.24) is 5.32 Å². The van der Waals surface area contributed by atoms with Gasteiger partial charge in [0.1, 0.15) is 6.04 Å². The summed E-state index contributed by atoms with van der Waals surface area (Å²) in [5.74, 6) is -1.30. The number of fused-ring (bicyclic) bond motifs is 2. The number of nitrogens with zero attached hydrogens (tertiary/aromatic N) is 2. The summed E-state index contributed by atoms with van der Waals surface area (Å²) in [4.78, 5) is 55.8. The number of benzene rings is 4. The number of carbonyl (C=O) groups is 4. The third-order valence-electron chi connectivity index (χ3n) is 7.50. The molecule has 0 fully saturated rings. The topological polar surface area (TPSA) is 113 Å². The molecule has 0 spiro atoms. The molecule has 4 aromatic rings. The largest absolute Gasteiger partial charge is 0.341 e. The van der Waals surface area contributed by atoms with Gasteiger partial charge in [0.05, 0.1) is 30.5 Å². The Hall–Kier alpha value is -4.53. The number of nitrogens with one attached hydrogen (secondary N) is 1. The normalized spacial score (nSPS) is 15.3. The van der Waals surface area contributed by atoms with Crippen LogP contribution in [0.1, 0.15) is 45.7 Å². The van der Waals surface area contributed by atoms with E-state index in [0.717, 1.165) is 21.9 Å². The molecule has 9 heteroatoms. The SMILES string of the molecule is CC(=O)c1ccc(C(=O)N2C[C@H](NC(=O)[C@H](C)N)C(=O)N(Cc3c(C)ccc4ccccc34)c3ccccc32)cc1.Cl. The number of anilines is 2. The van der Waals surface area contributed by atoms with Gasteiger partial charge in [0.2, 0.25) is 5.91 Å². The average Bonchev–Trinajstić information content (AvgIpc) is 3.08. The molecule has 1 aliphatic heterocycles. The number of hydrogen-bond acceptors (Lipinski definition) is 5. The lowest BCUT2D eigenvalue weighted by Crippen LogP contribution is -2.55. The third-order valence-corrected chi connectivity index (χ3v) is 7.50. The summed E-state index contributed by atoms with van der Waals surface area (Å²) in [6.45, 7) is 5.16. The molecule has 0 saturated heterocycles. The van der Waals surface area contributed by atoms with Gasteiger partial charge >= 0.3 is 0 Å². The summed E-state index contributed by atoms with van der Waals surface area (Å²) in [5.41, 5.74) is 9.78. The predicted octanol–water partition coefficient (Wildman–Crippen LogP) is 4.80. The minimum Gasteiger partial charge on any atom is -0.341 e. The van der Waals surface area contributed by atoms with Crippen LogP contribution in [0.3, 0.4) is 0 Å². The van der Waals surface area contributed by atoms with Gasteiger partial charge in [-0.1, -0.05) is 60.7 Å². The van der Waals surface area contributed by atoms with E-state index in [1.807, 2.05) is 55.5 Å². The zero-order chi connectivity index (χ0) is 29.3. The second kappa shape index (κ2) is 12.5. The van der Waals surface area contributed by atoms with Gasteiger partial charge in [-0.15, -0.1) is 12.4 Å². The van der Waals surface area contributed by atoms with E-state index in [9.17, 15) is 19.2 Å². The fourth-order valence-corrected chi connectivity index (χ4v) is 5.17.